The molecule has 2 aliphatic rings. The minimum Gasteiger partial charge on any atom is -0.384 e. The van der Waals surface area contributed by atoms with Crippen molar-refractivity contribution in [3.05, 3.63) is 21.9 Å². The van der Waals surface area contributed by atoms with Crippen LogP contribution in [0.4, 0.5) is 0 Å². The maximum Gasteiger partial charge on any atom is 0.0509 e. The SMILES string of the molecule is CCN1C[C@H](COC)[C@]2(CCN(Cc3sccc3C)C2)C1. The van der Waals surface area contributed by atoms with E-state index in [1.807, 2.05) is 18.4 Å². The van der Waals surface area contributed by atoms with Crippen molar-refractivity contribution in [3.8, 4) is 0 Å². The number of aryl methyl sites for hydroxylation is 1. The van der Waals surface area contributed by atoms with Crippen LogP contribution >= 0.6 is 11.3 Å². The Morgan fingerprint density at radius 3 is 2.86 bits per heavy atom. The second kappa shape index (κ2) is 6.37. The Hall–Kier alpha value is -0.420. The van der Waals surface area contributed by atoms with Crippen molar-refractivity contribution in [3.63, 3.8) is 0 Å². The number of nitrogens with zero attached hydrogens (tertiary/aromatic N) is 2. The van der Waals surface area contributed by atoms with Gasteiger partial charge in [-0.05, 0) is 43.4 Å². The Balaban J connectivity index is 1.67. The fraction of sp³-hybridized carbons (Fsp3) is 0.765. The van der Waals surface area contributed by atoms with Gasteiger partial charge in [0.15, 0.2) is 0 Å². The van der Waals surface area contributed by atoms with Gasteiger partial charge in [0.1, 0.15) is 0 Å². The molecule has 1 aromatic rings. The van der Waals surface area contributed by atoms with Crippen molar-refractivity contribution >= 4 is 11.3 Å². The van der Waals surface area contributed by atoms with E-state index in [4.69, 9.17) is 4.74 Å². The molecule has 4 heteroatoms. The van der Waals surface area contributed by atoms with E-state index in [-0.39, 0.29) is 0 Å². The predicted molar refractivity (Wildman–Crippen MR) is 88.9 cm³/mol. The van der Waals surface area contributed by atoms with E-state index in [0.717, 1.165) is 13.2 Å². The molecule has 0 N–H and O–H groups in total. The average molecular weight is 308 g/mol. The third-order valence-electron chi connectivity index (χ3n) is 5.50. The van der Waals surface area contributed by atoms with Gasteiger partial charge in [0.2, 0.25) is 0 Å². The smallest absolute Gasteiger partial charge is 0.0509 e. The monoisotopic (exact) mass is 308 g/mol. The average Bonchev–Trinajstić information content (AvgIpc) is 3.15. The van der Waals surface area contributed by atoms with E-state index in [2.05, 4.69) is 35.1 Å². The zero-order chi connectivity index (χ0) is 14.9. The highest BCUT2D eigenvalue weighted by Gasteiger charge is 2.49. The molecular formula is C17H28N2OS. The summed E-state index contributed by atoms with van der Waals surface area (Å²) in [4.78, 5) is 6.82. The molecule has 0 bridgehead atoms. The lowest BCUT2D eigenvalue weighted by molar-refractivity contribution is 0.0959. The summed E-state index contributed by atoms with van der Waals surface area (Å²) in [6, 6.07) is 2.24. The molecule has 0 unspecified atom stereocenters. The number of methoxy groups -OCH3 is 1. The zero-order valence-corrected chi connectivity index (χ0v) is 14.4. The first kappa shape index (κ1) is 15.5. The van der Waals surface area contributed by atoms with E-state index in [9.17, 15) is 0 Å². The van der Waals surface area contributed by atoms with Crippen LogP contribution < -0.4 is 0 Å². The lowest BCUT2D eigenvalue weighted by Gasteiger charge is -2.30. The van der Waals surface area contributed by atoms with Gasteiger partial charge in [-0.25, -0.2) is 0 Å². The van der Waals surface area contributed by atoms with Crippen molar-refractivity contribution in [2.24, 2.45) is 11.3 Å². The van der Waals surface area contributed by atoms with Gasteiger partial charge >= 0.3 is 0 Å². The first-order valence-corrected chi connectivity index (χ1v) is 9.01. The molecule has 3 rings (SSSR count). The number of hydrogen-bond donors (Lipinski definition) is 0. The van der Waals surface area contributed by atoms with Crippen LogP contribution in [0, 0.1) is 18.3 Å². The molecule has 2 fully saturated rings. The molecule has 0 aromatic carbocycles. The predicted octanol–water partition coefficient (Wildman–Crippen LogP) is 2.85. The quantitative estimate of drug-likeness (QED) is 0.832. The van der Waals surface area contributed by atoms with Crippen LogP contribution in [0.5, 0.6) is 0 Å². The third kappa shape index (κ3) is 3.04. The molecule has 1 aromatic heterocycles. The molecule has 0 amide bonds. The number of likely N-dealkylation sites (tertiary alicyclic amines) is 2. The molecule has 2 saturated heterocycles. The summed E-state index contributed by atoms with van der Waals surface area (Å²) < 4.78 is 5.52. The van der Waals surface area contributed by atoms with E-state index in [1.165, 1.54) is 44.7 Å². The van der Waals surface area contributed by atoms with Crippen molar-refractivity contribution in [1.29, 1.82) is 0 Å². The minimum atomic E-state index is 0.469. The second-order valence-electron chi connectivity index (χ2n) is 6.83. The van der Waals surface area contributed by atoms with Crippen LogP contribution in [0.25, 0.3) is 0 Å². The standard InChI is InChI=1S/C17H28N2OS/c1-4-18-9-15(11-20-3)17(12-18)6-7-19(13-17)10-16-14(2)5-8-21-16/h5,8,15H,4,6-7,9-13H2,1-3H3/t15-,17-/m1/s1. The largest absolute Gasteiger partial charge is 0.384 e. The Morgan fingerprint density at radius 2 is 2.19 bits per heavy atom. The van der Waals surface area contributed by atoms with Gasteiger partial charge in [0.05, 0.1) is 6.61 Å². The molecule has 2 aliphatic heterocycles. The number of ether oxygens (including phenoxy) is 1. The molecular weight excluding hydrogens is 280 g/mol. The van der Waals surface area contributed by atoms with Crippen LogP contribution in [-0.2, 0) is 11.3 Å². The molecule has 3 nitrogen and oxygen atoms in total. The highest BCUT2D eigenvalue weighted by molar-refractivity contribution is 7.10. The fourth-order valence-corrected chi connectivity index (χ4v) is 5.11. The summed E-state index contributed by atoms with van der Waals surface area (Å²) in [5.74, 6) is 0.705. The molecule has 0 aliphatic carbocycles. The highest BCUT2D eigenvalue weighted by atomic mass is 32.1. The third-order valence-corrected chi connectivity index (χ3v) is 6.51. The summed E-state index contributed by atoms with van der Waals surface area (Å²) >= 11 is 1.91. The highest BCUT2D eigenvalue weighted by Crippen LogP contribution is 2.44. The fourth-order valence-electron chi connectivity index (χ4n) is 4.17. The van der Waals surface area contributed by atoms with Crippen LogP contribution in [0.1, 0.15) is 23.8 Å². The van der Waals surface area contributed by atoms with E-state index < -0.39 is 0 Å². The molecule has 2 atom stereocenters. The van der Waals surface area contributed by atoms with Gasteiger partial charge < -0.3 is 9.64 Å². The van der Waals surface area contributed by atoms with Crippen molar-refractivity contribution in [1.82, 2.24) is 9.80 Å². The maximum absolute atomic E-state index is 5.52. The van der Waals surface area contributed by atoms with E-state index in [1.54, 1.807) is 4.88 Å². The minimum absolute atomic E-state index is 0.469. The first-order valence-electron chi connectivity index (χ1n) is 8.13. The Bertz CT molecular complexity index is 475. The molecule has 21 heavy (non-hydrogen) atoms. The normalized spacial score (nSPS) is 30.7. The summed E-state index contributed by atoms with van der Waals surface area (Å²) in [5, 5.41) is 2.22. The Kier molecular flexibility index (Phi) is 4.69. The van der Waals surface area contributed by atoms with Crippen molar-refractivity contribution in [2.75, 3.05) is 46.4 Å². The van der Waals surface area contributed by atoms with Gasteiger partial charge in [-0.15, -0.1) is 11.3 Å². The lowest BCUT2D eigenvalue weighted by Crippen LogP contribution is -2.36. The first-order chi connectivity index (χ1) is 10.2. The zero-order valence-electron chi connectivity index (χ0n) is 13.6. The number of rotatable bonds is 5. The second-order valence-corrected chi connectivity index (χ2v) is 7.83. The van der Waals surface area contributed by atoms with Gasteiger partial charge in [-0.1, -0.05) is 6.92 Å². The lowest BCUT2D eigenvalue weighted by atomic mass is 9.78. The van der Waals surface area contributed by atoms with Crippen LogP contribution in [0.3, 0.4) is 0 Å². The maximum atomic E-state index is 5.52. The number of hydrogen-bond acceptors (Lipinski definition) is 4. The van der Waals surface area contributed by atoms with Crippen molar-refractivity contribution in [2.45, 2.75) is 26.8 Å². The summed E-state index contributed by atoms with van der Waals surface area (Å²) in [7, 11) is 1.85. The van der Waals surface area contributed by atoms with Gasteiger partial charge in [0.25, 0.3) is 0 Å². The van der Waals surface area contributed by atoms with E-state index >= 15 is 0 Å². The molecule has 0 saturated carbocycles. The van der Waals surface area contributed by atoms with Crippen LogP contribution in [0.15, 0.2) is 11.4 Å². The topological polar surface area (TPSA) is 15.7 Å². The Morgan fingerprint density at radius 1 is 1.38 bits per heavy atom. The summed E-state index contributed by atoms with van der Waals surface area (Å²) in [6.45, 7) is 12.7. The summed E-state index contributed by atoms with van der Waals surface area (Å²) in [5.41, 5.74) is 1.92. The van der Waals surface area contributed by atoms with Crippen molar-refractivity contribution < 1.29 is 4.74 Å². The van der Waals surface area contributed by atoms with Gasteiger partial charge in [-0.2, -0.15) is 0 Å². The van der Waals surface area contributed by atoms with Gasteiger partial charge in [-0.3, -0.25) is 4.90 Å². The van der Waals surface area contributed by atoms with E-state index in [0.29, 0.717) is 11.3 Å². The Labute approximate surface area is 132 Å². The number of thiophene rings is 1. The molecule has 3 heterocycles. The molecule has 1 spiro atoms. The molecule has 0 radical (unpaired) electrons. The van der Waals surface area contributed by atoms with Crippen LogP contribution in [0.2, 0.25) is 0 Å². The van der Waals surface area contributed by atoms with Crippen LogP contribution in [-0.4, -0.2) is 56.2 Å². The van der Waals surface area contributed by atoms with Gasteiger partial charge in [0, 0.05) is 49.5 Å². The summed E-state index contributed by atoms with van der Waals surface area (Å²) in [6.07, 6.45) is 1.34. The molecule has 118 valence electrons.